The van der Waals surface area contributed by atoms with E-state index < -0.39 is 0 Å². The standard InChI is InChI=1S/C15H20N4O/c1-20-15-10-12(7-9-18-15)4-2-3-8-17-13-5-6-14(16)19-11-13/h5-7,9-11,17H,2-4,8H2,1H3,(H2,16,19). The summed E-state index contributed by atoms with van der Waals surface area (Å²) in [4.78, 5) is 8.14. The van der Waals surface area contributed by atoms with E-state index in [0.717, 1.165) is 31.5 Å². The molecule has 0 fully saturated rings. The molecule has 0 aliphatic rings. The lowest BCUT2D eigenvalue weighted by Crippen LogP contribution is -2.03. The molecule has 2 aromatic rings. The summed E-state index contributed by atoms with van der Waals surface area (Å²) in [5, 5.41) is 3.33. The van der Waals surface area contributed by atoms with Crippen LogP contribution in [0.15, 0.2) is 36.7 Å². The van der Waals surface area contributed by atoms with Crippen LogP contribution in [-0.2, 0) is 6.42 Å². The highest BCUT2D eigenvalue weighted by Gasteiger charge is 1.98. The van der Waals surface area contributed by atoms with Gasteiger partial charge in [0.1, 0.15) is 5.82 Å². The van der Waals surface area contributed by atoms with Crippen LogP contribution in [-0.4, -0.2) is 23.6 Å². The Kier molecular flexibility index (Phi) is 5.17. The fourth-order valence-electron chi connectivity index (χ4n) is 1.91. The van der Waals surface area contributed by atoms with Crippen LogP contribution in [0.3, 0.4) is 0 Å². The molecule has 0 aliphatic heterocycles. The summed E-state index contributed by atoms with van der Waals surface area (Å²) in [5.41, 5.74) is 7.80. The van der Waals surface area contributed by atoms with Crippen LogP contribution in [0.25, 0.3) is 0 Å². The minimum absolute atomic E-state index is 0.544. The third-order valence-electron chi connectivity index (χ3n) is 3.02. The summed E-state index contributed by atoms with van der Waals surface area (Å²) in [5.74, 6) is 1.22. The van der Waals surface area contributed by atoms with Crippen LogP contribution in [0.4, 0.5) is 11.5 Å². The zero-order chi connectivity index (χ0) is 14.2. The fourth-order valence-corrected chi connectivity index (χ4v) is 1.91. The molecular weight excluding hydrogens is 252 g/mol. The van der Waals surface area contributed by atoms with E-state index in [1.807, 2.05) is 18.2 Å². The topological polar surface area (TPSA) is 73.1 Å². The van der Waals surface area contributed by atoms with Gasteiger partial charge in [-0.15, -0.1) is 0 Å². The molecule has 0 radical (unpaired) electrons. The van der Waals surface area contributed by atoms with Gasteiger partial charge in [-0.2, -0.15) is 0 Å². The summed E-state index contributed by atoms with van der Waals surface area (Å²) < 4.78 is 5.11. The second kappa shape index (κ2) is 7.33. The molecule has 106 valence electrons. The molecule has 5 heteroatoms. The maximum atomic E-state index is 5.54. The molecule has 3 N–H and O–H groups in total. The van der Waals surface area contributed by atoms with E-state index in [9.17, 15) is 0 Å². The molecule has 0 unspecified atom stereocenters. The summed E-state index contributed by atoms with van der Waals surface area (Å²) in [6.45, 7) is 0.924. The molecule has 2 heterocycles. The van der Waals surface area contributed by atoms with Crippen molar-refractivity contribution in [2.24, 2.45) is 0 Å². The molecule has 0 saturated carbocycles. The van der Waals surface area contributed by atoms with Gasteiger partial charge in [-0.25, -0.2) is 9.97 Å². The van der Waals surface area contributed by atoms with E-state index in [4.69, 9.17) is 10.5 Å². The molecule has 5 nitrogen and oxygen atoms in total. The highest BCUT2D eigenvalue weighted by atomic mass is 16.5. The minimum atomic E-state index is 0.544. The molecule has 0 aromatic carbocycles. The number of nitrogen functional groups attached to an aromatic ring is 1. The number of ether oxygens (including phenoxy) is 1. The zero-order valence-electron chi connectivity index (χ0n) is 11.7. The van der Waals surface area contributed by atoms with Gasteiger partial charge in [0.15, 0.2) is 0 Å². The van der Waals surface area contributed by atoms with Crippen LogP contribution < -0.4 is 15.8 Å². The quantitative estimate of drug-likeness (QED) is 0.758. The monoisotopic (exact) mass is 272 g/mol. The van der Waals surface area contributed by atoms with Gasteiger partial charge < -0.3 is 15.8 Å². The lowest BCUT2D eigenvalue weighted by molar-refractivity contribution is 0.397. The maximum absolute atomic E-state index is 5.54. The number of nitrogens with two attached hydrogens (primary N) is 1. The molecule has 0 amide bonds. The van der Waals surface area contributed by atoms with Gasteiger partial charge in [0.05, 0.1) is 19.0 Å². The van der Waals surface area contributed by atoms with Gasteiger partial charge in [-0.1, -0.05) is 0 Å². The molecular formula is C15H20N4O. The number of aromatic nitrogens is 2. The number of hydrogen-bond acceptors (Lipinski definition) is 5. The van der Waals surface area contributed by atoms with Gasteiger partial charge in [-0.3, -0.25) is 0 Å². The summed E-state index contributed by atoms with van der Waals surface area (Å²) in [6, 6.07) is 7.75. The predicted octanol–water partition coefficient (Wildman–Crippen LogP) is 2.50. The molecule has 0 atom stereocenters. The van der Waals surface area contributed by atoms with Crippen LogP contribution >= 0.6 is 0 Å². The van der Waals surface area contributed by atoms with Crippen molar-refractivity contribution in [3.05, 3.63) is 42.2 Å². The second-order valence-electron chi connectivity index (χ2n) is 4.56. The maximum Gasteiger partial charge on any atom is 0.213 e. The lowest BCUT2D eigenvalue weighted by atomic mass is 10.1. The average molecular weight is 272 g/mol. The zero-order valence-corrected chi connectivity index (χ0v) is 11.7. The highest BCUT2D eigenvalue weighted by Crippen LogP contribution is 2.12. The highest BCUT2D eigenvalue weighted by molar-refractivity contribution is 5.45. The number of pyridine rings is 2. The Morgan fingerprint density at radius 2 is 2.10 bits per heavy atom. The van der Waals surface area contributed by atoms with Crippen molar-refractivity contribution in [3.63, 3.8) is 0 Å². The Bertz CT molecular complexity index is 528. The van der Waals surface area contributed by atoms with E-state index in [1.54, 1.807) is 25.6 Å². The molecule has 20 heavy (non-hydrogen) atoms. The summed E-state index contributed by atoms with van der Waals surface area (Å²) in [7, 11) is 1.64. The van der Waals surface area contributed by atoms with Crippen LogP contribution in [0.2, 0.25) is 0 Å². The number of methoxy groups -OCH3 is 1. The third kappa shape index (κ3) is 4.42. The Hall–Kier alpha value is -2.30. The normalized spacial score (nSPS) is 10.2. The third-order valence-corrected chi connectivity index (χ3v) is 3.02. The van der Waals surface area contributed by atoms with Gasteiger partial charge >= 0.3 is 0 Å². The molecule has 0 saturated heterocycles. The SMILES string of the molecule is COc1cc(CCCCNc2ccc(N)nc2)ccn1. The molecule has 2 rings (SSSR count). The van der Waals surface area contributed by atoms with Gasteiger partial charge in [0.25, 0.3) is 0 Å². The Morgan fingerprint density at radius 1 is 1.20 bits per heavy atom. The van der Waals surface area contributed by atoms with Crippen molar-refractivity contribution >= 4 is 11.5 Å². The van der Waals surface area contributed by atoms with Crippen LogP contribution in [0.5, 0.6) is 5.88 Å². The molecule has 2 aromatic heterocycles. The number of unbranched alkanes of at least 4 members (excludes halogenated alkanes) is 1. The number of nitrogens with one attached hydrogen (secondary N) is 1. The predicted molar refractivity (Wildman–Crippen MR) is 80.9 cm³/mol. The first kappa shape index (κ1) is 14.1. The largest absolute Gasteiger partial charge is 0.481 e. The van der Waals surface area contributed by atoms with Crippen LogP contribution in [0.1, 0.15) is 18.4 Å². The van der Waals surface area contributed by atoms with Gasteiger partial charge in [-0.05, 0) is 43.0 Å². The van der Waals surface area contributed by atoms with Crippen molar-refractivity contribution in [2.75, 3.05) is 24.7 Å². The number of rotatable bonds is 7. The smallest absolute Gasteiger partial charge is 0.213 e. The average Bonchev–Trinajstić information content (AvgIpc) is 2.49. The van der Waals surface area contributed by atoms with Gasteiger partial charge in [0.2, 0.25) is 5.88 Å². The fraction of sp³-hybridized carbons (Fsp3) is 0.333. The van der Waals surface area contributed by atoms with E-state index in [-0.39, 0.29) is 0 Å². The van der Waals surface area contributed by atoms with Crippen molar-refractivity contribution in [3.8, 4) is 5.88 Å². The molecule has 0 bridgehead atoms. The van der Waals surface area contributed by atoms with E-state index >= 15 is 0 Å². The number of nitrogens with zero attached hydrogens (tertiary/aromatic N) is 2. The number of aryl methyl sites for hydroxylation is 1. The minimum Gasteiger partial charge on any atom is -0.481 e. The summed E-state index contributed by atoms with van der Waals surface area (Å²) in [6.07, 6.45) is 6.77. The van der Waals surface area contributed by atoms with E-state index in [2.05, 4.69) is 15.3 Å². The first-order valence-electron chi connectivity index (χ1n) is 6.72. The first-order chi connectivity index (χ1) is 9.78. The number of anilines is 2. The summed E-state index contributed by atoms with van der Waals surface area (Å²) >= 11 is 0. The first-order valence-corrected chi connectivity index (χ1v) is 6.72. The van der Waals surface area contributed by atoms with E-state index in [1.165, 1.54) is 5.56 Å². The Balaban J connectivity index is 1.67. The molecule has 0 aliphatic carbocycles. The van der Waals surface area contributed by atoms with Crippen molar-refractivity contribution < 1.29 is 4.74 Å². The number of hydrogen-bond donors (Lipinski definition) is 2. The van der Waals surface area contributed by atoms with Crippen molar-refractivity contribution in [2.45, 2.75) is 19.3 Å². The van der Waals surface area contributed by atoms with Gasteiger partial charge in [0, 0.05) is 18.8 Å². The van der Waals surface area contributed by atoms with Crippen LogP contribution in [0, 0.1) is 0 Å². The second-order valence-corrected chi connectivity index (χ2v) is 4.56. The Morgan fingerprint density at radius 3 is 2.85 bits per heavy atom. The Labute approximate surface area is 119 Å². The van der Waals surface area contributed by atoms with Crippen molar-refractivity contribution in [1.29, 1.82) is 0 Å². The van der Waals surface area contributed by atoms with E-state index in [0.29, 0.717) is 11.7 Å². The molecule has 0 spiro atoms. The van der Waals surface area contributed by atoms with Crippen molar-refractivity contribution in [1.82, 2.24) is 9.97 Å². The lowest BCUT2D eigenvalue weighted by Gasteiger charge is -2.06.